The van der Waals surface area contributed by atoms with E-state index in [1.54, 1.807) is 11.4 Å². The average molecular weight is 269 g/mol. The monoisotopic (exact) mass is 269 g/mol. The molecule has 98 valence electrons. The van der Waals surface area contributed by atoms with Crippen LogP contribution in [0.3, 0.4) is 0 Å². The minimum Gasteiger partial charge on any atom is -0.465 e. The Morgan fingerprint density at radius 1 is 1.44 bits per heavy atom. The predicted molar refractivity (Wildman–Crippen MR) is 67.8 cm³/mol. The molecule has 0 radical (unpaired) electrons. The third-order valence-electron chi connectivity index (χ3n) is 2.89. The third kappa shape index (κ3) is 2.88. The molecule has 1 fully saturated rings. The highest BCUT2D eigenvalue weighted by atomic mass is 32.1. The molecule has 6 heteroatoms. The van der Waals surface area contributed by atoms with E-state index in [9.17, 15) is 9.59 Å². The van der Waals surface area contributed by atoms with Gasteiger partial charge in [-0.3, -0.25) is 4.79 Å². The van der Waals surface area contributed by atoms with Gasteiger partial charge in [0, 0.05) is 19.1 Å². The lowest BCUT2D eigenvalue weighted by Gasteiger charge is -2.21. The van der Waals surface area contributed by atoms with Crippen molar-refractivity contribution in [3.8, 4) is 0 Å². The summed E-state index contributed by atoms with van der Waals surface area (Å²) in [5, 5.41) is 4.55. The van der Waals surface area contributed by atoms with E-state index in [0.29, 0.717) is 23.8 Å². The van der Waals surface area contributed by atoms with Crippen LogP contribution in [0.1, 0.15) is 22.5 Å². The van der Waals surface area contributed by atoms with E-state index < -0.39 is 5.97 Å². The largest absolute Gasteiger partial charge is 0.465 e. The molecule has 2 heterocycles. The first-order valence-corrected chi connectivity index (χ1v) is 6.64. The number of anilines is 1. The second-order valence-corrected chi connectivity index (χ2v) is 4.95. The lowest BCUT2D eigenvalue weighted by molar-refractivity contribution is -0.122. The molecule has 0 spiro atoms. The van der Waals surface area contributed by atoms with Crippen LogP contribution < -0.4 is 5.32 Å². The summed E-state index contributed by atoms with van der Waals surface area (Å²) in [6.07, 6.45) is 1.45. The number of esters is 1. The summed E-state index contributed by atoms with van der Waals surface area (Å²) >= 11 is 1.26. The van der Waals surface area contributed by atoms with Gasteiger partial charge in [0.05, 0.1) is 12.8 Å². The number of carbonyl (C=O) groups is 2. The van der Waals surface area contributed by atoms with Crippen molar-refractivity contribution in [2.45, 2.75) is 12.8 Å². The van der Waals surface area contributed by atoms with Crippen molar-refractivity contribution < 1.29 is 19.1 Å². The Kier molecular flexibility index (Phi) is 4.33. The number of thiophene rings is 1. The Morgan fingerprint density at radius 3 is 2.83 bits per heavy atom. The first-order chi connectivity index (χ1) is 8.72. The molecule has 18 heavy (non-hydrogen) atoms. The molecular weight excluding hydrogens is 254 g/mol. The summed E-state index contributed by atoms with van der Waals surface area (Å²) in [7, 11) is 1.33. The Morgan fingerprint density at radius 2 is 2.17 bits per heavy atom. The van der Waals surface area contributed by atoms with Crippen LogP contribution in [0, 0.1) is 5.92 Å². The molecule has 1 amide bonds. The number of methoxy groups -OCH3 is 1. The van der Waals surface area contributed by atoms with Gasteiger partial charge < -0.3 is 14.8 Å². The van der Waals surface area contributed by atoms with Crippen LogP contribution in [0.15, 0.2) is 11.4 Å². The van der Waals surface area contributed by atoms with Crippen molar-refractivity contribution in [1.29, 1.82) is 0 Å². The zero-order valence-electron chi connectivity index (χ0n) is 10.1. The molecular formula is C12H15NO4S. The molecule has 2 rings (SSSR count). The van der Waals surface area contributed by atoms with Crippen molar-refractivity contribution in [3.63, 3.8) is 0 Å². The number of amides is 1. The Labute approximate surface area is 109 Å². The van der Waals surface area contributed by atoms with Crippen LogP contribution in [0.4, 0.5) is 5.69 Å². The fourth-order valence-corrected chi connectivity index (χ4v) is 2.62. The average Bonchev–Trinajstić information content (AvgIpc) is 2.87. The van der Waals surface area contributed by atoms with E-state index >= 15 is 0 Å². The van der Waals surface area contributed by atoms with Gasteiger partial charge in [-0.25, -0.2) is 4.79 Å². The molecule has 1 aromatic heterocycles. The topological polar surface area (TPSA) is 64.6 Å². The number of rotatable bonds is 3. The quantitative estimate of drug-likeness (QED) is 0.851. The summed E-state index contributed by atoms with van der Waals surface area (Å²) in [5.41, 5.74) is 0.531. The summed E-state index contributed by atoms with van der Waals surface area (Å²) in [6.45, 7) is 1.23. The van der Waals surface area contributed by atoms with Crippen LogP contribution >= 0.6 is 11.3 Å². The van der Waals surface area contributed by atoms with Gasteiger partial charge in [-0.15, -0.1) is 11.3 Å². The second kappa shape index (κ2) is 5.97. The summed E-state index contributed by atoms with van der Waals surface area (Å²) in [5.74, 6) is -0.515. The molecule has 1 aromatic rings. The minimum absolute atomic E-state index is 0.0378. The zero-order chi connectivity index (χ0) is 13.0. The van der Waals surface area contributed by atoms with Crippen LogP contribution in [-0.4, -0.2) is 32.2 Å². The highest BCUT2D eigenvalue weighted by Gasteiger charge is 2.23. The normalized spacial score (nSPS) is 16.3. The second-order valence-electron chi connectivity index (χ2n) is 4.03. The van der Waals surface area contributed by atoms with Crippen LogP contribution in [0.2, 0.25) is 0 Å². The molecule has 0 atom stereocenters. The van der Waals surface area contributed by atoms with Gasteiger partial charge in [-0.05, 0) is 24.3 Å². The number of hydrogen-bond donors (Lipinski definition) is 1. The highest BCUT2D eigenvalue weighted by Crippen LogP contribution is 2.25. The van der Waals surface area contributed by atoms with Crippen molar-refractivity contribution >= 4 is 28.9 Å². The van der Waals surface area contributed by atoms with Gasteiger partial charge in [-0.1, -0.05) is 0 Å². The SMILES string of the molecule is COC(=O)c1sccc1NC(=O)C1CCOCC1. The Bertz CT molecular complexity index is 437. The minimum atomic E-state index is -0.424. The van der Waals surface area contributed by atoms with E-state index in [0.717, 1.165) is 12.8 Å². The molecule has 1 saturated heterocycles. The summed E-state index contributed by atoms with van der Waals surface area (Å²) < 4.78 is 9.87. The molecule has 5 nitrogen and oxygen atoms in total. The van der Waals surface area contributed by atoms with Gasteiger partial charge >= 0.3 is 5.97 Å². The Balaban J connectivity index is 2.02. The molecule has 0 unspecified atom stereocenters. The predicted octanol–water partition coefficient (Wildman–Crippen LogP) is 1.90. The molecule has 1 N–H and O–H groups in total. The van der Waals surface area contributed by atoms with E-state index in [2.05, 4.69) is 10.1 Å². The number of nitrogens with one attached hydrogen (secondary N) is 1. The lowest BCUT2D eigenvalue weighted by Crippen LogP contribution is -2.28. The summed E-state index contributed by atoms with van der Waals surface area (Å²) in [6, 6.07) is 1.72. The fraction of sp³-hybridized carbons (Fsp3) is 0.500. The maximum Gasteiger partial charge on any atom is 0.350 e. The van der Waals surface area contributed by atoms with Gasteiger partial charge in [0.15, 0.2) is 0 Å². The van der Waals surface area contributed by atoms with Crippen LogP contribution in [0.25, 0.3) is 0 Å². The van der Waals surface area contributed by atoms with Gasteiger partial charge in [0.2, 0.25) is 5.91 Å². The number of hydrogen-bond acceptors (Lipinski definition) is 5. The first-order valence-electron chi connectivity index (χ1n) is 5.76. The molecule has 1 aliphatic heterocycles. The summed E-state index contributed by atoms with van der Waals surface area (Å²) in [4.78, 5) is 23.9. The maximum atomic E-state index is 12.0. The molecule has 0 bridgehead atoms. The fourth-order valence-electron chi connectivity index (χ4n) is 1.85. The van der Waals surface area contributed by atoms with E-state index in [4.69, 9.17) is 4.74 Å². The van der Waals surface area contributed by atoms with Crippen molar-refractivity contribution in [2.75, 3.05) is 25.6 Å². The standard InChI is InChI=1S/C12H15NO4S/c1-16-12(15)10-9(4-7-18-10)13-11(14)8-2-5-17-6-3-8/h4,7-8H,2-3,5-6H2,1H3,(H,13,14). The van der Waals surface area contributed by atoms with Gasteiger partial charge in [0.25, 0.3) is 0 Å². The Hall–Kier alpha value is -1.40. The third-order valence-corrected chi connectivity index (χ3v) is 3.78. The lowest BCUT2D eigenvalue weighted by atomic mass is 9.99. The van der Waals surface area contributed by atoms with Crippen LogP contribution in [-0.2, 0) is 14.3 Å². The van der Waals surface area contributed by atoms with Crippen molar-refractivity contribution in [3.05, 3.63) is 16.3 Å². The highest BCUT2D eigenvalue weighted by molar-refractivity contribution is 7.12. The zero-order valence-corrected chi connectivity index (χ0v) is 10.9. The van der Waals surface area contributed by atoms with Crippen molar-refractivity contribution in [2.24, 2.45) is 5.92 Å². The maximum absolute atomic E-state index is 12.0. The van der Waals surface area contributed by atoms with Crippen molar-refractivity contribution in [1.82, 2.24) is 0 Å². The molecule has 0 aliphatic carbocycles. The van der Waals surface area contributed by atoms with E-state index in [1.807, 2.05) is 0 Å². The smallest absolute Gasteiger partial charge is 0.350 e. The molecule has 0 saturated carbocycles. The number of carbonyl (C=O) groups excluding carboxylic acids is 2. The van der Waals surface area contributed by atoms with Crippen LogP contribution in [0.5, 0.6) is 0 Å². The van der Waals surface area contributed by atoms with E-state index in [1.165, 1.54) is 18.4 Å². The number of ether oxygens (including phenoxy) is 2. The molecule has 1 aliphatic rings. The molecule has 0 aromatic carbocycles. The van der Waals surface area contributed by atoms with E-state index in [-0.39, 0.29) is 11.8 Å². The van der Waals surface area contributed by atoms with Gasteiger partial charge in [-0.2, -0.15) is 0 Å². The first kappa shape index (κ1) is 13.0. The van der Waals surface area contributed by atoms with Gasteiger partial charge in [0.1, 0.15) is 4.88 Å².